The summed E-state index contributed by atoms with van der Waals surface area (Å²) in [6.45, 7) is 1.27. The van der Waals surface area contributed by atoms with E-state index in [1.165, 1.54) is 5.56 Å². The Kier molecular flexibility index (Phi) is 4.36. The average molecular weight is 258 g/mol. The SMILES string of the molecule is NCCc1c(CC(=O)O)ccn1Cc1ccccc1. The summed E-state index contributed by atoms with van der Waals surface area (Å²) in [5, 5.41) is 8.92. The maximum Gasteiger partial charge on any atom is 0.307 e. The molecule has 19 heavy (non-hydrogen) atoms. The Bertz CT molecular complexity index is 547. The molecule has 0 aliphatic rings. The second-order valence-corrected chi connectivity index (χ2v) is 4.51. The lowest BCUT2D eigenvalue weighted by molar-refractivity contribution is -0.136. The number of rotatable bonds is 6. The van der Waals surface area contributed by atoms with Crippen LogP contribution in [-0.2, 0) is 24.2 Å². The molecule has 0 amide bonds. The summed E-state index contributed by atoms with van der Waals surface area (Å²) in [4.78, 5) is 10.9. The Labute approximate surface area is 112 Å². The van der Waals surface area contributed by atoms with Gasteiger partial charge < -0.3 is 15.4 Å². The van der Waals surface area contributed by atoms with Crippen LogP contribution in [0.2, 0.25) is 0 Å². The van der Waals surface area contributed by atoms with Gasteiger partial charge in [0.05, 0.1) is 6.42 Å². The van der Waals surface area contributed by atoms with Crippen molar-refractivity contribution in [1.29, 1.82) is 0 Å². The van der Waals surface area contributed by atoms with E-state index in [1.54, 1.807) is 0 Å². The zero-order chi connectivity index (χ0) is 13.7. The standard InChI is InChI=1S/C15H18N2O2/c16-8-6-14-13(10-15(18)19)7-9-17(14)11-12-4-2-1-3-5-12/h1-5,7,9H,6,8,10-11,16H2,(H,18,19). The summed E-state index contributed by atoms with van der Waals surface area (Å²) in [6.07, 6.45) is 2.69. The normalized spacial score (nSPS) is 10.6. The Morgan fingerprint density at radius 3 is 2.58 bits per heavy atom. The number of nitrogens with zero attached hydrogens (tertiary/aromatic N) is 1. The molecule has 0 atom stereocenters. The lowest BCUT2D eigenvalue weighted by Crippen LogP contribution is -2.12. The quantitative estimate of drug-likeness (QED) is 0.828. The third kappa shape index (κ3) is 3.45. The van der Waals surface area contributed by atoms with Crippen molar-refractivity contribution < 1.29 is 9.90 Å². The van der Waals surface area contributed by atoms with Gasteiger partial charge >= 0.3 is 5.97 Å². The summed E-state index contributed by atoms with van der Waals surface area (Å²) in [5.74, 6) is -0.810. The van der Waals surface area contributed by atoms with Gasteiger partial charge in [-0.15, -0.1) is 0 Å². The Morgan fingerprint density at radius 1 is 1.21 bits per heavy atom. The van der Waals surface area contributed by atoms with Crippen molar-refractivity contribution in [1.82, 2.24) is 4.57 Å². The van der Waals surface area contributed by atoms with Crippen LogP contribution in [-0.4, -0.2) is 22.2 Å². The third-order valence-corrected chi connectivity index (χ3v) is 3.09. The van der Waals surface area contributed by atoms with Crippen LogP contribution in [0.15, 0.2) is 42.6 Å². The molecular weight excluding hydrogens is 240 g/mol. The van der Waals surface area contributed by atoms with Gasteiger partial charge in [-0.05, 0) is 23.7 Å². The van der Waals surface area contributed by atoms with Gasteiger partial charge in [0.1, 0.15) is 0 Å². The number of aliphatic carboxylic acids is 1. The number of hydrogen-bond acceptors (Lipinski definition) is 2. The van der Waals surface area contributed by atoms with Crippen molar-refractivity contribution in [3.8, 4) is 0 Å². The zero-order valence-corrected chi connectivity index (χ0v) is 10.7. The minimum Gasteiger partial charge on any atom is -0.481 e. The minimum absolute atomic E-state index is 0.0527. The molecule has 0 bridgehead atoms. The Balaban J connectivity index is 2.24. The molecule has 0 radical (unpaired) electrons. The Hall–Kier alpha value is -2.07. The number of carboxylic acids is 1. The van der Waals surface area contributed by atoms with E-state index < -0.39 is 5.97 Å². The highest BCUT2D eigenvalue weighted by Gasteiger charge is 2.11. The van der Waals surface area contributed by atoms with E-state index in [0.717, 1.165) is 17.8 Å². The van der Waals surface area contributed by atoms with Crippen molar-refractivity contribution in [2.75, 3.05) is 6.54 Å². The van der Waals surface area contributed by atoms with Gasteiger partial charge in [0.25, 0.3) is 0 Å². The number of nitrogens with two attached hydrogens (primary N) is 1. The van der Waals surface area contributed by atoms with Crippen LogP contribution in [0.25, 0.3) is 0 Å². The van der Waals surface area contributed by atoms with E-state index in [9.17, 15) is 4.79 Å². The molecule has 1 aromatic heterocycles. The monoisotopic (exact) mass is 258 g/mol. The molecule has 0 spiro atoms. The number of benzene rings is 1. The van der Waals surface area contributed by atoms with Gasteiger partial charge in [-0.1, -0.05) is 30.3 Å². The van der Waals surface area contributed by atoms with Crippen LogP contribution in [0.5, 0.6) is 0 Å². The highest BCUT2D eigenvalue weighted by molar-refractivity contribution is 5.70. The molecule has 0 aliphatic heterocycles. The summed E-state index contributed by atoms with van der Waals surface area (Å²) < 4.78 is 2.08. The predicted molar refractivity (Wildman–Crippen MR) is 74.1 cm³/mol. The molecule has 2 aromatic rings. The maximum absolute atomic E-state index is 10.9. The number of hydrogen-bond donors (Lipinski definition) is 2. The van der Waals surface area contributed by atoms with E-state index in [-0.39, 0.29) is 6.42 Å². The van der Waals surface area contributed by atoms with Crippen molar-refractivity contribution in [2.24, 2.45) is 5.73 Å². The molecule has 4 nitrogen and oxygen atoms in total. The van der Waals surface area contributed by atoms with Crippen molar-refractivity contribution in [2.45, 2.75) is 19.4 Å². The van der Waals surface area contributed by atoms with Crippen LogP contribution >= 0.6 is 0 Å². The topological polar surface area (TPSA) is 68.2 Å². The molecular formula is C15H18N2O2. The molecule has 1 aromatic carbocycles. The second-order valence-electron chi connectivity index (χ2n) is 4.51. The van der Waals surface area contributed by atoms with Crippen LogP contribution in [0.4, 0.5) is 0 Å². The first-order valence-corrected chi connectivity index (χ1v) is 6.33. The van der Waals surface area contributed by atoms with Gasteiger partial charge in [0.15, 0.2) is 0 Å². The third-order valence-electron chi connectivity index (χ3n) is 3.09. The van der Waals surface area contributed by atoms with Crippen LogP contribution < -0.4 is 5.73 Å². The lowest BCUT2D eigenvalue weighted by Gasteiger charge is -2.10. The predicted octanol–water partition coefficient (Wildman–Crippen LogP) is 1.66. The number of carbonyl (C=O) groups is 1. The molecule has 1 heterocycles. The van der Waals surface area contributed by atoms with Gasteiger partial charge in [-0.25, -0.2) is 0 Å². The summed E-state index contributed by atoms with van der Waals surface area (Å²) in [6, 6.07) is 12.0. The molecule has 2 rings (SSSR count). The molecule has 0 saturated heterocycles. The smallest absolute Gasteiger partial charge is 0.307 e. The number of carboxylic acid groups (broad SMARTS) is 1. The molecule has 0 fully saturated rings. The highest BCUT2D eigenvalue weighted by Crippen LogP contribution is 2.15. The molecule has 3 N–H and O–H groups in total. The fourth-order valence-corrected chi connectivity index (χ4v) is 2.24. The van der Waals surface area contributed by atoms with Crippen molar-refractivity contribution in [3.05, 3.63) is 59.4 Å². The summed E-state index contributed by atoms with van der Waals surface area (Å²) >= 11 is 0. The largest absolute Gasteiger partial charge is 0.481 e. The fourth-order valence-electron chi connectivity index (χ4n) is 2.24. The van der Waals surface area contributed by atoms with Gasteiger partial charge in [-0.2, -0.15) is 0 Å². The zero-order valence-electron chi connectivity index (χ0n) is 10.7. The molecule has 100 valence electrons. The van der Waals surface area contributed by atoms with E-state index in [2.05, 4.69) is 16.7 Å². The van der Waals surface area contributed by atoms with Crippen LogP contribution in [0, 0.1) is 0 Å². The van der Waals surface area contributed by atoms with E-state index >= 15 is 0 Å². The average Bonchev–Trinajstić information content (AvgIpc) is 2.74. The summed E-state index contributed by atoms with van der Waals surface area (Å²) in [5.41, 5.74) is 8.69. The van der Waals surface area contributed by atoms with Gasteiger partial charge in [-0.3, -0.25) is 4.79 Å². The molecule has 0 unspecified atom stereocenters. The van der Waals surface area contributed by atoms with Crippen molar-refractivity contribution >= 4 is 5.97 Å². The van der Waals surface area contributed by atoms with Crippen LogP contribution in [0.3, 0.4) is 0 Å². The van der Waals surface area contributed by atoms with E-state index in [4.69, 9.17) is 10.8 Å². The second kappa shape index (κ2) is 6.20. The van der Waals surface area contributed by atoms with E-state index in [0.29, 0.717) is 13.0 Å². The van der Waals surface area contributed by atoms with Gasteiger partial charge in [0, 0.05) is 24.9 Å². The molecule has 4 heteroatoms. The first-order chi connectivity index (χ1) is 9.20. The van der Waals surface area contributed by atoms with Crippen LogP contribution in [0.1, 0.15) is 16.8 Å². The van der Waals surface area contributed by atoms with E-state index in [1.807, 2.05) is 30.5 Å². The fraction of sp³-hybridized carbons (Fsp3) is 0.267. The first kappa shape index (κ1) is 13.4. The Morgan fingerprint density at radius 2 is 1.95 bits per heavy atom. The van der Waals surface area contributed by atoms with Gasteiger partial charge in [0.2, 0.25) is 0 Å². The first-order valence-electron chi connectivity index (χ1n) is 6.33. The van der Waals surface area contributed by atoms with Crippen molar-refractivity contribution in [3.63, 3.8) is 0 Å². The molecule has 0 aliphatic carbocycles. The minimum atomic E-state index is -0.810. The number of aromatic nitrogens is 1. The highest BCUT2D eigenvalue weighted by atomic mass is 16.4. The molecule has 0 saturated carbocycles. The maximum atomic E-state index is 10.9. The summed E-state index contributed by atoms with van der Waals surface area (Å²) in [7, 11) is 0. The lowest BCUT2D eigenvalue weighted by atomic mass is 10.1.